The number of nitrogens with zero attached hydrogens (tertiary/aromatic N) is 2. The highest BCUT2D eigenvalue weighted by Gasteiger charge is 2.20. The number of rotatable bonds is 6. The van der Waals surface area contributed by atoms with E-state index in [4.69, 9.17) is 0 Å². The number of hydrogen-bond acceptors (Lipinski definition) is 2. The predicted molar refractivity (Wildman–Crippen MR) is 92.4 cm³/mol. The van der Waals surface area contributed by atoms with E-state index in [1.54, 1.807) is 0 Å². The fourth-order valence-electron chi connectivity index (χ4n) is 3.19. The number of carbonyl (C=O) groups excluding carboxylic acids is 1. The third-order valence-electron chi connectivity index (χ3n) is 4.88. The van der Waals surface area contributed by atoms with Gasteiger partial charge in [0.1, 0.15) is 0 Å². The Kier molecular flexibility index (Phi) is 6.01. The van der Waals surface area contributed by atoms with Gasteiger partial charge in [-0.1, -0.05) is 38.8 Å². The quantitative estimate of drug-likeness (QED) is 0.799. The maximum absolute atomic E-state index is 12.6. The van der Waals surface area contributed by atoms with Gasteiger partial charge in [-0.3, -0.25) is 4.79 Å². The Morgan fingerprint density at radius 2 is 1.86 bits per heavy atom. The molecule has 122 valence electrons. The molecule has 0 unspecified atom stereocenters. The van der Waals surface area contributed by atoms with Crippen molar-refractivity contribution in [1.29, 1.82) is 0 Å². The largest absolute Gasteiger partial charge is 0.340 e. The Morgan fingerprint density at radius 3 is 2.50 bits per heavy atom. The molecule has 1 aromatic rings. The predicted octanol–water partition coefficient (Wildman–Crippen LogP) is 3.76. The van der Waals surface area contributed by atoms with Crippen LogP contribution < -0.4 is 0 Å². The molecule has 0 atom stereocenters. The van der Waals surface area contributed by atoms with Crippen molar-refractivity contribution < 1.29 is 4.79 Å². The Balaban J connectivity index is 1.90. The van der Waals surface area contributed by atoms with Crippen LogP contribution in [0.1, 0.15) is 61.4 Å². The Labute approximate surface area is 135 Å². The van der Waals surface area contributed by atoms with Crippen LogP contribution in [0.5, 0.6) is 0 Å². The second kappa shape index (κ2) is 7.77. The molecule has 1 amide bonds. The molecule has 1 fully saturated rings. The Morgan fingerprint density at radius 1 is 1.18 bits per heavy atom. The fraction of sp³-hybridized carbons (Fsp3) is 0.632. The minimum atomic E-state index is 0.127. The second-order valence-corrected chi connectivity index (χ2v) is 6.93. The molecule has 2 rings (SSSR count). The average Bonchev–Trinajstić information content (AvgIpc) is 3.06. The van der Waals surface area contributed by atoms with Crippen molar-refractivity contribution in [1.82, 2.24) is 9.80 Å². The first-order chi connectivity index (χ1) is 10.5. The van der Waals surface area contributed by atoms with E-state index in [9.17, 15) is 4.79 Å². The maximum atomic E-state index is 12.6. The van der Waals surface area contributed by atoms with Gasteiger partial charge in [0, 0.05) is 31.7 Å². The molecule has 1 aliphatic rings. The van der Waals surface area contributed by atoms with Crippen LogP contribution in [0, 0.1) is 0 Å². The van der Waals surface area contributed by atoms with E-state index < -0.39 is 0 Å². The molecular weight excluding hydrogens is 272 g/mol. The van der Waals surface area contributed by atoms with E-state index >= 15 is 0 Å². The van der Waals surface area contributed by atoms with Gasteiger partial charge in [0.05, 0.1) is 0 Å². The first kappa shape index (κ1) is 17.0. The molecule has 0 spiro atoms. The summed E-state index contributed by atoms with van der Waals surface area (Å²) in [6, 6.07) is 8.75. The fourth-order valence-corrected chi connectivity index (χ4v) is 3.19. The number of likely N-dealkylation sites (N-methyl/N-ethyl adjacent to an activating group) is 2. The highest BCUT2D eigenvalue weighted by atomic mass is 16.2. The molecule has 1 aromatic carbocycles. The molecule has 1 aliphatic carbocycles. The molecule has 0 heterocycles. The van der Waals surface area contributed by atoms with E-state index in [0.717, 1.165) is 18.7 Å². The van der Waals surface area contributed by atoms with Crippen LogP contribution >= 0.6 is 0 Å². The van der Waals surface area contributed by atoms with Gasteiger partial charge in [-0.05, 0) is 43.5 Å². The van der Waals surface area contributed by atoms with Crippen LogP contribution in [0.4, 0.5) is 0 Å². The summed E-state index contributed by atoms with van der Waals surface area (Å²) in [6.45, 7) is 6.06. The summed E-state index contributed by atoms with van der Waals surface area (Å²) < 4.78 is 0. The first-order valence-electron chi connectivity index (χ1n) is 8.54. The van der Waals surface area contributed by atoms with Crippen molar-refractivity contribution in [3.8, 4) is 0 Å². The normalized spacial score (nSPS) is 15.7. The highest BCUT2D eigenvalue weighted by molar-refractivity contribution is 5.94. The molecule has 1 saturated carbocycles. The summed E-state index contributed by atoms with van der Waals surface area (Å²) in [5.74, 6) is 0.578. The van der Waals surface area contributed by atoms with Crippen LogP contribution in [0.2, 0.25) is 0 Å². The molecule has 0 radical (unpaired) electrons. The van der Waals surface area contributed by atoms with Gasteiger partial charge < -0.3 is 9.80 Å². The summed E-state index contributed by atoms with van der Waals surface area (Å²) in [5.41, 5.74) is 2.03. The van der Waals surface area contributed by atoms with Crippen molar-refractivity contribution in [3.63, 3.8) is 0 Å². The van der Waals surface area contributed by atoms with Crippen LogP contribution in [0.25, 0.3) is 0 Å². The maximum Gasteiger partial charge on any atom is 0.253 e. The lowest BCUT2D eigenvalue weighted by Gasteiger charge is -2.27. The summed E-state index contributed by atoms with van der Waals surface area (Å²) in [5, 5.41) is 0. The van der Waals surface area contributed by atoms with Crippen molar-refractivity contribution in [2.45, 2.75) is 51.5 Å². The van der Waals surface area contributed by atoms with E-state index in [0.29, 0.717) is 12.0 Å². The highest BCUT2D eigenvalue weighted by Crippen LogP contribution is 2.22. The standard InChI is InChI=1S/C19H30N2O/c1-15(2)16-8-7-9-17(14-16)19(22)21(4)13-12-20(3)18-10-5-6-11-18/h7-9,14-15,18H,5-6,10-13H2,1-4H3. The van der Waals surface area contributed by atoms with Gasteiger partial charge >= 0.3 is 0 Å². The number of carbonyl (C=O) groups is 1. The first-order valence-corrected chi connectivity index (χ1v) is 8.54. The molecule has 3 heteroatoms. The van der Waals surface area contributed by atoms with Crippen LogP contribution in [0.3, 0.4) is 0 Å². The zero-order valence-corrected chi connectivity index (χ0v) is 14.5. The molecule has 3 nitrogen and oxygen atoms in total. The summed E-state index contributed by atoms with van der Waals surface area (Å²) in [7, 11) is 4.10. The lowest BCUT2D eigenvalue weighted by molar-refractivity contribution is 0.0774. The molecule has 22 heavy (non-hydrogen) atoms. The minimum Gasteiger partial charge on any atom is -0.340 e. The average molecular weight is 302 g/mol. The van der Waals surface area contributed by atoms with E-state index in [2.05, 4.69) is 31.9 Å². The van der Waals surface area contributed by atoms with Gasteiger partial charge in [-0.15, -0.1) is 0 Å². The SMILES string of the molecule is CC(C)c1cccc(C(=O)N(C)CCN(C)C2CCCC2)c1. The second-order valence-electron chi connectivity index (χ2n) is 6.93. The topological polar surface area (TPSA) is 23.6 Å². The molecule has 0 saturated heterocycles. The van der Waals surface area contributed by atoms with E-state index in [1.165, 1.54) is 31.2 Å². The minimum absolute atomic E-state index is 0.127. The van der Waals surface area contributed by atoms with Crippen molar-refractivity contribution >= 4 is 5.91 Å². The van der Waals surface area contributed by atoms with Gasteiger partial charge in [-0.25, -0.2) is 0 Å². The number of hydrogen-bond donors (Lipinski definition) is 0. The van der Waals surface area contributed by atoms with Crippen molar-refractivity contribution in [2.24, 2.45) is 0 Å². The van der Waals surface area contributed by atoms with Crippen LogP contribution in [0.15, 0.2) is 24.3 Å². The molecule has 0 aliphatic heterocycles. The third kappa shape index (κ3) is 4.33. The van der Waals surface area contributed by atoms with Gasteiger partial charge in [0.25, 0.3) is 5.91 Å². The van der Waals surface area contributed by atoms with E-state index in [1.807, 2.05) is 30.1 Å². The Bertz CT molecular complexity index is 492. The third-order valence-corrected chi connectivity index (χ3v) is 4.88. The molecule has 0 N–H and O–H groups in total. The van der Waals surface area contributed by atoms with E-state index in [-0.39, 0.29) is 5.91 Å². The van der Waals surface area contributed by atoms with Gasteiger partial charge in [-0.2, -0.15) is 0 Å². The number of amides is 1. The number of benzene rings is 1. The van der Waals surface area contributed by atoms with Crippen molar-refractivity contribution in [2.75, 3.05) is 27.2 Å². The van der Waals surface area contributed by atoms with Crippen LogP contribution in [-0.4, -0.2) is 48.9 Å². The summed E-state index contributed by atoms with van der Waals surface area (Å²) in [4.78, 5) is 16.8. The van der Waals surface area contributed by atoms with Crippen LogP contribution in [-0.2, 0) is 0 Å². The Hall–Kier alpha value is -1.35. The zero-order valence-electron chi connectivity index (χ0n) is 14.5. The van der Waals surface area contributed by atoms with Gasteiger partial charge in [0.15, 0.2) is 0 Å². The molecular formula is C19H30N2O. The summed E-state index contributed by atoms with van der Waals surface area (Å²) >= 11 is 0. The monoisotopic (exact) mass is 302 g/mol. The molecule has 0 bridgehead atoms. The molecule has 0 aromatic heterocycles. The summed E-state index contributed by atoms with van der Waals surface area (Å²) in [6.07, 6.45) is 5.33. The lowest BCUT2D eigenvalue weighted by Crippen LogP contribution is -2.38. The lowest BCUT2D eigenvalue weighted by atomic mass is 10.0. The zero-order chi connectivity index (χ0) is 16.1. The van der Waals surface area contributed by atoms with Crippen molar-refractivity contribution in [3.05, 3.63) is 35.4 Å². The van der Waals surface area contributed by atoms with Gasteiger partial charge in [0.2, 0.25) is 0 Å². The smallest absolute Gasteiger partial charge is 0.253 e.